The first-order chi connectivity index (χ1) is 8.70. The van der Waals surface area contributed by atoms with Crippen molar-refractivity contribution >= 4 is 11.9 Å². The first kappa shape index (κ1) is 13.0. The molecule has 0 aromatic heterocycles. The molecule has 1 aromatic carbocycles. The minimum absolute atomic E-state index is 0.0550. The Morgan fingerprint density at radius 2 is 2.28 bits per heavy atom. The van der Waals surface area contributed by atoms with Crippen molar-refractivity contribution in [2.75, 3.05) is 6.54 Å². The number of benzene rings is 1. The predicted octanol–water partition coefficient (Wildman–Crippen LogP) is 2.76. The van der Waals surface area contributed by atoms with Gasteiger partial charge in [-0.15, -0.1) is 0 Å². The second-order valence-electron chi connectivity index (χ2n) is 4.90. The molecule has 1 unspecified atom stereocenters. The van der Waals surface area contributed by atoms with E-state index in [0.717, 1.165) is 25.8 Å². The van der Waals surface area contributed by atoms with Crippen LogP contribution in [0.15, 0.2) is 24.3 Å². The summed E-state index contributed by atoms with van der Waals surface area (Å²) in [6.07, 6.45) is 7.47. The fourth-order valence-corrected chi connectivity index (χ4v) is 2.45. The van der Waals surface area contributed by atoms with E-state index < -0.39 is 0 Å². The maximum Gasteiger partial charge on any atom is 0.147 e. The van der Waals surface area contributed by atoms with Gasteiger partial charge in [-0.25, -0.2) is 0 Å². The Balaban J connectivity index is 2.14. The lowest BCUT2D eigenvalue weighted by Crippen LogP contribution is -2.37. The Labute approximate surface area is 109 Å². The molecule has 0 amide bonds. The molecule has 1 atom stereocenters. The minimum Gasteiger partial charge on any atom is -0.307 e. The topological polar surface area (TPSA) is 29.1 Å². The molecule has 0 bridgehead atoms. The molecule has 1 aliphatic rings. The average Bonchev–Trinajstić information content (AvgIpc) is 2.38. The van der Waals surface area contributed by atoms with Crippen LogP contribution in [-0.4, -0.2) is 18.4 Å². The molecule has 0 saturated carbocycles. The van der Waals surface area contributed by atoms with Crippen LogP contribution in [0.1, 0.15) is 37.0 Å². The fourth-order valence-electron chi connectivity index (χ4n) is 2.45. The number of likely N-dealkylation sites (N-methyl/N-ethyl adjacent to an activating group) is 1. The van der Waals surface area contributed by atoms with Crippen molar-refractivity contribution in [3.05, 3.63) is 41.0 Å². The molecule has 0 spiro atoms. The lowest BCUT2D eigenvalue weighted by atomic mass is 9.93. The SMILES string of the molecule is CCNC(Cc1ccc2c(c1)C=CCC2)C(C)=O. The van der Waals surface area contributed by atoms with Crippen molar-refractivity contribution in [2.45, 2.75) is 39.2 Å². The molecule has 2 nitrogen and oxygen atoms in total. The van der Waals surface area contributed by atoms with E-state index in [0.29, 0.717) is 0 Å². The highest BCUT2D eigenvalue weighted by molar-refractivity contribution is 5.81. The molecular weight excluding hydrogens is 222 g/mol. The Morgan fingerprint density at radius 1 is 1.44 bits per heavy atom. The number of carbonyl (C=O) groups is 1. The Hall–Kier alpha value is -1.41. The van der Waals surface area contributed by atoms with Gasteiger partial charge < -0.3 is 5.32 Å². The Morgan fingerprint density at radius 3 is 3.00 bits per heavy atom. The molecule has 1 aromatic rings. The number of Topliss-reactive ketones (excluding diaryl/α,β-unsaturated/α-hetero) is 1. The summed E-state index contributed by atoms with van der Waals surface area (Å²) in [6, 6.07) is 6.53. The van der Waals surface area contributed by atoms with E-state index in [4.69, 9.17) is 0 Å². The zero-order valence-corrected chi connectivity index (χ0v) is 11.2. The van der Waals surface area contributed by atoms with E-state index in [9.17, 15) is 4.79 Å². The van der Waals surface area contributed by atoms with Crippen LogP contribution in [0.25, 0.3) is 6.08 Å². The van der Waals surface area contributed by atoms with Gasteiger partial charge in [0.05, 0.1) is 6.04 Å². The van der Waals surface area contributed by atoms with Crippen LogP contribution in [0.2, 0.25) is 0 Å². The number of ketones is 1. The van der Waals surface area contributed by atoms with Crippen LogP contribution >= 0.6 is 0 Å². The summed E-state index contributed by atoms with van der Waals surface area (Å²) >= 11 is 0. The zero-order valence-electron chi connectivity index (χ0n) is 11.2. The summed E-state index contributed by atoms with van der Waals surface area (Å²) in [6.45, 7) is 4.52. The second-order valence-corrected chi connectivity index (χ2v) is 4.90. The number of hydrogen-bond donors (Lipinski definition) is 1. The van der Waals surface area contributed by atoms with Gasteiger partial charge in [0.2, 0.25) is 0 Å². The summed E-state index contributed by atoms with van der Waals surface area (Å²) < 4.78 is 0. The van der Waals surface area contributed by atoms with E-state index in [-0.39, 0.29) is 11.8 Å². The molecule has 1 N–H and O–H groups in total. The van der Waals surface area contributed by atoms with Gasteiger partial charge in [-0.05, 0) is 49.4 Å². The van der Waals surface area contributed by atoms with Gasteiger partial charge in [-0.1, -0.05) is 37.3 Å². The third-order valence-corrected chi connectivity index (χ3v) is 3.47. The van der Waals surface area contributed by atoms with Gasteiger partial charge >= 0.3 is 0 Å². The quantitative estimate of drug-likeness (QED) is 0.861. The van der Waals surface area contributed by atoms with Gasteiger partial charge in [-0.3, -0.25) is 4.79 Å². The molecule has 0 radical (unpaired) electrons. The van der Waals surface area contributed by atoms with Crippen LogP contribution in [0.3, 0.4) is 0 Å². The molecule has 0 aliphatic heterocycles. The summed E-state index contributed by atoms with van der Waals surface area (Å²) in [4.78, 5) is 11.6. The standard InChI is InChI=1S/C16H21NO/c1-3-17-16(12(2)18)11-13-8-9-14-6-4-5-7-15(14)10-13/h5,7-10,16-17H,3-4,6,11H2,1-2H3. The number of nitrogens with one attached hydrogen (secondary N) is 1. The van der Waals surface area contributed by atoms with Crippen molar-refractivity contribution < 1.29 is 4.79 Å². The molecule has 96 valence electrons. The van der Waals surface area contributed by atoms with Gasteiger partial charge in [0, 0.05) is 0 Å². The van der Waals surface area contributed by atoms with Gasteiger partial charge in [0.1, 0.15) is 5.78 Å². The molecule has 18 heavy (non-hydrogen) atoms. The van der Waals surface area contributed by atoms with Crippen LogP contribution in [0, 0.1) is 0 Å². The van der Waals surface area contributed by atoms with Crippen molar-refractivity contribution in [2.24, 2.45) is 0 Å². The smallest absolute Gasteiger partial charge is 0.147 e. The Bertz CT molecular complexity index is 462. The summed E-state index contributed by atoms with van der Waals surface area (Å²) in [5.74, 6) is 0.213. The molecule has 2 heteroatoms. The number of hydrogen-bond acceptors (Lipinski definition) is 2. The predicted molar refractivity (Wildman–Crippen MR) is 75.6 cm³/mol. The highest BCUT2D eigenvalue weighted by Crippen LogP contribution is 2.21. The lowest BCUT2D eigenvalue weighted by molar-refractivity contribution is -0.118. The third-order valence-electron chi connectivity index (χ3n) is 3.47. The zero-order chi connectivity index (χ0) is 13.0. The van der Waals surface area contributed by atoms with E-state index in [1.54, 1.807) is 6.92 Å². The van der Waals surface area contributed by atoms with Gasteiger partial charge in [-0.2, -0.15) is 0 Å². The third kappa shape index (κ3) is 3.08. The summed E-state index contributed by atoms with van der Waals surface area (Å²) in [7, 11) is 0. The van der Waals surface area contributed by atoms with Gasteiger partial charge in [0.25, 0.3) is 0 Å². The maximum atomic E-state index is 11.6. The first-order valence-corrected chi connectivity index (χ1v) is 6.73. The van der Waals surface area contributed by atoms with E-state index in [1.807, 2.05) is 6.92 Å². The summed E-state index contributed by atoms with van der Waals surface area (Å²) in [5.41, 5.74) is 3.98. The molecular formula is C16H21NO. The van der Waals surface area contributed by atoms with Crippen molar-refractivity contribution in [3.8, 4) is 0 Å². The number of fused-ring (bicyclic) bond motifs is 1. The maximum absolute atomic E-state index is 11.6. The number of aryl methyl sites for hydroxylation is 1. The highest BCUT2D eigenvalue weighted by Gasteiger charge is 2.14. The molecule has 0 fully saturated rings. The molecule has 0 heterocycles. The second kappa shape index (κ2) is 5.96. The van der Waals surface area contributed by atoms with Crippen LogP contribution < -0.4 is 5.32 Å². The van der Waals surface area contributed by atoms with Crippen molar-refractivity contribution in [1.82, 2.24) is 5.32 Å². The van der Waals surface area contributed by atoms with Crippen LogP contribution in [0.4, 0.5) is 0 Å². The van der Waals surface area contributed by atoms with Crippen LogP contribution in [0.5, 0.6) is 0 Å². The minimum atomic E-state index is -0.0550. The molecule has 2 rings (SSSR count). The normalized spacial score (nSPS) is 15.2. The number of carbonyl (C=O) groups excluding carboxylic acids is 1. The fraction of sp³-hybridized carbons (Fsp3) is 0.438. The van der Waals surface area contributed by atoms with Crippen LogP contribution in [-0.2, 0) is 17.6 Å². The Kier molecular flexibility index (Phi) is 4.32. The average molecular weight is 243 g/mol. The largest absolute Gasteiger partial charge is 0.307 e. The summed E-state index contributed by atoms with van der Waals surface area (Å²) in [5, 5.41) is 3.24. The van der Waals surface area contributed by atoms with E-state index in [2.05, 4.69) is 35.7 Å². The first-order valence-electron chi connectivity index (χ1n) is 6.73. The van der Waals surface area contributed by atoms with E-state index in [1.165, 1.54) is 16.7 Å². The molecule has 1 aliphatic carbocycles. The van der Waals surface area contributed by atoms with E-state index >= 15 is 0 Å². The molecule has 0 saturated heterocycles. The monoisotopic (exact) mass is 243 g/mol. The number of rotatable bonds is 5. The van der Waals surface area contributed by atoms with Gasteiger partial charge in [0.15, 0.2) is 0 Å². The highest BCUT2D eigenvalue weighted by atomic mass is 16.1. The number of allylic oxidation sites excluding steroid dienone is 1. The van der Waals surface area contributed by atoms with Crippen molar-refractivity contribution in [3.63, 3.8) is 0 Å². The lowest BCUT2D eigenvalue weighted by Gasteiger charge is -2.17. The van der Waals surface area contributed by atoms with Crippen molar-refractivity contribution in [1.29, 1.82) is 0 Å².